The van der Waals surface area contributed by atoms with Gasteiger partial charge in [0.1, 0.15) is 0 Å². The molecule has 0 aromatic rings. The van der Waals surface area contributed by atoms with Crippen molar-refractivity contribution in [2.24, 2.45) is 0 Å². The Bertz CT molecular complexity index is 307. The molecule has 1 rings (SSSR count). The van der Waals surface area contributed by atoms with Gasteiger partial charge in [0, 0.05) is 39.1 Å². The number of rotatable bonds is 7. The Hall–Kier alpha value is -1.10. The van der Waals surface area contributed by atoms with Gasteiger partial charge in [-0.25, -0.2) is 0 Å². The number of nitrogens with one attached hydrogen (secondary N) is 1. The lowest BCUT2D eigenvalue weighted by Crippen LogP contribution is -2.40. The fourth-order valence-electron chi connectivity index (χ4n) is 2.46. The lowest BCUT2D eigenvalue weighted by atomic mass is 10.2. The third-order valence-corrected chi connectivity index (χ3v) is 3.71. The molecule has 1 saturated heterocycles. The number of carbonyl (C=O) groups excluding carboxylic acids is 2. The quantitative estimate of drug-likeness (QED) is 0.715. The molecule has 1 fully saturated rings. The topological polar surface area (TPSA) is 52.7 Å². The zero-order valence-electron chi connectivity index (χ0n) is 13.0. The fraction of sp³-hybridized carbons (Fsp3) is 0.867. The molecule has 1 N–H and O–H groups in total. The number of amides is 2. The third kappa shape index (κ3) is 6.37. The van der Waals surface area contributed by atoms with E-state index < -0.39 is 0 Å². The van der Waals surface area contributed by atoms with Crippen LogP contribution in [0.2, 0.25) is 0 Å². The van der Waals surface area contributed by atoms with E-state index >= 15 is 0 Å². The van der Waals surface area contributed by atoms with Gasteiger partial charge in [-0.3, -0.25) is 14.5 Å². The van der Waals surface area contributed by atoms with Gasteiger partial charge in [0.05, 0.1) is 6.54 Å². The van der Waals surface area contributed by atoms with Crippen LogP contribution in [-0.4, -0.2) is 60.9 Å². The monoisotopic (exact) mass is 283 g/mol. The van der Waals surface area contributed by atoms with Crippen molar-refractivity contribution in [2.45, 2.75) is 46.0 Å². The molecule has 0 unspecified atom stereocenters. The summed E-state index contributed by atoms with van der Waals surface area (Å²) in [6.45, 7) is 8.56. The fourth-order valence-corrected chi connectivity index (χ4v) is 2.46. The van der Waals surface area contributed by atoms with Gasteiger partial charge in [-0.1, -0.05) is 26.7 Å². The van der Waals surface area contributed by atoms with Crippen LogP contribution in [0, 0.1) is 0 Å². The summed E-state index contributed by atoms with van der Waals surface area (Å²) >= 11 is 0. The Labute approximate surface area is 122 Å². The van der Waals surface area contributed by atoms with E-state index in [1.54, 1.807) is 0 Å². The molecule has 0 radical (unpaired) electrons. The number of unbranched alkanes of at least 4 members (excludes halogenated alkanes) is 2. The summed E-state index contributed by atoms with van der Waals surface area (Å²) in [6.07, 6.45) is 4.91. The molecule has 1 aliphatic rings. The van der Waals surface area contributed by atoms with Crippen molar-refractivity contribution in [1.82, 2.24) is 15.1 Å². The summed E-state index contributed by atoms with van der Waals surface area (Å²) in [5.41, 5.74) is 0. The van der Waals surface area contributed by atoms with Gasteiger partial charge < -0.3 is 10.2 Å². The van der Waals surface area contributed by atoms with Gasteiger partial charge in [-0.2, -0.15) is 0 Å². The largest absolute Gasteiger partial charge is 0.355 e. The second-order valence-corrected chi connectivity index (χ2v) is 5.42. The number of nitrogens with zero attached hydrogens (tertiary/aromatic N) is 2. The average Bonchev–Trinajstić information content (AvgIpc) is 2.68. The van der Waals surface area contributed by atoms with Gasteiger partial charge in [0.15, 0.2) is 0 Å². The highest BCUT2D eigenvalue weighted by molar-refractivity contribution is 5.78. The van der Waals surface area contributed by atoms with E-state index in [9.17, 15) is 9.59 Å². The molecule has 5 nitrogen and oxygen atoms in total. The van der Waals surface area contributed by atoms with Crippen LogP contribution in [0.3, 0.4) is 0 Å². The van der Waals surface area contributed by atoms with Gasteiger partial charge in [-0.05, 0) is 12.8 Å². The Balaban J connectivity index is 2.24. The molecule has 5 heteroatoms. The molecule has 0 aromatic carbocycles. The first-order chi connectivity index (χ1) is 9.67. The second-order valence-electron chi connectivity index (χ2n) is 5.42. The number of hydrogen-bond donors (Lipinski definition) is 1. The van der Waals surface area contributed by atoms with Crippen molar-refractivity contribution in [2.75, 3.05) is 39.3 Å². The molecule has 0 bridgehead atoms. The van der Waals surface area contributed by atoms with Crippen molar-refractivity contribution in [3.63, 3.8) is 0 Å². The molecule has 1 aliphatic heterocycles. The first-order valence-corrected chi connectivity index (χ1v) is 7.94. The van der Waals surface area contributed by atoms with Gasteiger partial charge >= 0.3 is 0 Å². The molecule has 0 aromatic heterocycles. The van der Waals surface area contributed by atoms with Crippen LogP contribution in [0.5, 0.6) is 0 Å². The second kappa shape index (κ2) is 9.75. The zero-order chi connectivity index (χ0) is 14.8. The first-order valence-electron chi connectivity index (χ1n) is 7.94. The Morgan fingerprint density at radius 1 is 1.05 bits per heavy atom. The van der Waals surface area contributed by atoms with E-state index in [0.29, 0.717) is 13.0 Å². The minimum Gasteiger partial charge on any atom is -0.355 e. The van der Waals surface area contributed by atoms with E-state index in [1.807, 2.05) is 11.8 Å². The summed E-state index contributed by atoms with van der Waals surface area (Å²) in [7, 11) is 0. The minimum atomic E-state index is 0.108. The summed E-state index contributed by atoms with van der Waals surface area (Å²) in [5.74, 6) is 0.326. The standard InChI is InChI=1S/C15H29N3O2/c1-3-5-6-8-16-14(19)13-17-9-7-10-18(12-11-17)15(20)4-2/h3-13H2,1-2H3,(H,16,19). The average molecular weight is 283 g/mol. The highest BCUT2D eigenvalue weighted by Gasteiger charge is 2.19. The van der Waals surface area contributed by atoms with E-state index in [0.717, 1.165) is 52.0 Å². The van der Waals surface area contributed by atoms with E-state index in [4.69, 9.17) is 0 Å². The predicted octanol–water partition coefficient (Wildman–Crippen LogP) is 1.24. The van der Waals surface area contributed by atoms with E-state index in [1.165, 1.54) is 6.42 Å². The molecule has 0 atom stereocenters. The van der Waals surface area contributed by atoms with Crippen molar-refractivity contribution >= 4 is 11.8 Å². The molecule has 0 saturated carbocycles. The maximum absolute atomic E-state index is 11.8. The van der Waals surface area contributed by atoms with Crippen LogP contribution in [0.25, 0.3) is 0 Å². The molecule has 116 valence electrons. The molecular weight excluding hydrogens is 254 g/mol. The normalized spacial score (nSPS) is 16.8. The molecule has 1 heterocycles. The van der Waals surface area contributed by atoms with Crippen LogP contribution in [0.15, 0.2) is 0 Å². The Morgan fingerprint density at radius 2 is 1.85 bits per heavy atom. The van der Waals surface area contributed by atoms with Crippen LogP contribution in [-0.2, 0) is 9.59 Å². The molecule has 20 heavy (non-hydrogen) atoms. The highest BCUT2D eigenvalue weighted by atomic mass is 16.2. The summed E-state index contributed by atoms with van der Waals surface area (Å²) in [6, 6.07) is 0. The van der Waals surface area contributed by atoms with Crippen LogP contribution < -0.4 is 5.32 Å². The van der Waals surface area contributed by atoms with Crippen molar-refractivity contribution in [1.29, 1.82) is 0 Å². The smallest absolute Gasteiger partial charge is 0.234 e. The third-order valence-electron chi connectivity index (χ3n) is 3.71. The Kier molecular flexibility index (Phi) is 8.26. The zero-order valence-corrected chi connectivity index (χ0v) is 13.0. The molecule has 2 amide bonds. The Morgan fingerprint density at radius 3 is 2.55 bits per heavy atom. The van der Waals surface area contributed by atoms with E-state index in [-0.39, 0.29) is 11.8 Å². The highest BCUT2D eigenvalue weighted by Crippen LogP contribution is 2.04. The van der Waals surface area contributed by atoms with Crippen LogP contribution in [0.1, 0.15) is 46.0 Å². The molecule has 0 aliphatic carbocycles. The first kappa shape index (κ1) is 17.0. The maximum atomic E-state index is 11.8. The van der Waals surface area contributed by atoms with Crippen molar-refractivity contribution in [3.05, 3.63) is 0 Å². The summed E-state index contributed by atoms with van der Waals surface area (Å²) < 4.78 is 0. The molecule has 0 spiro atoms. The van der Waals surface area contributed by atoms with Gasteiger partial charge in [0.2, 0.25) is 11.8 Å². The minimum absolute atomic E-state index is 0.108. The van der Waals surface area contributed by atoms with Crippen LogP contribution in [0.4, 0.5) is 0 Å². The molecular formula is C15H29N3O2. The van der Waals surface area contributed by atoms with Crippen molar-refractivity contribution < 1.29 is 9.59 Å². The lowest BCUT2D eigenvalue weighted by molar-refractivity contribution is -0.130. The van der Waals surface area contributed by atoms with Gasteiger partial charge in [-0.15, -0.1) is 0 Å². The predicted molar refractivity (Wildman–Crippen MR) is 80.5 cm³/mol. The van der Waals surface area contributed by atoms with Gasteiger partial charge in [0.25, 0.3) is 0 Å². The lowest BCUT2D eigenvalue weighted by Gasteiger charge is -2.21. The van der Waals surface area contributed by atoms with Crippen molar-refractivity contribution in [3.8, 4) is 0 Å². The maximum Gasteiger partial charge on any atom is 0.234 e. The summed E-state index contributed by atoms with van der Waals surface area (Å²) in [5, 5.41) is 2.97. The van der Waals surface area contributed by atoms with E-state index in [2.05, 4.69) is 17.1 Å². The number of hydrogen-bond acceptors (Lipinski definition) is 3. The van der Waals surface area contributed by atoms with Crippen LogP contribution >= 0.6 is 0 Å². The SMILES string of the molecule is CCCCCNC(=O)CN1CCCN(C(=O)CC)CC1. The number of carbonyl (C=O) groups is 2. The summed E-state index contributed by atoms with van der Waals surface area (Å²) in [4.78, 5) is 27.6.